The van der Waals surface area contributed by atoms with E-state index in [4.69, 9.17) is 10.5 Å². The van der Waals surface area contributed by atoms with E-state index in [0.717, 1.165) is 19.4 Å². The Kier molecular flexibility index (Phi) is 3.09. The van der Waals surface area contributed by atoms with E-state index >= 15 is 0 Å². The lowest BCUT2D eigenvalue weighted by atomic mass is 9.88. The molecule has 0 unspecified atom stereocenters. The molecule has 2 N–H and O–H groups in total. The highest BCUT2D eigenvalue weighted by Gasteiger charge is 2.27. The minimum atomic E-state index is -0.371. The monoisotopic (exact) mass is 183 g/mol. The fourth-order valence-electron chi connectivity index (χ4n) is 1.67. The van der Waals surface area contributed by atoms with Crippen molar-refractivity contribution < 1.29 is 9.53 Å². The van der Waals surface area contributed by atoms with Gasteiger partial charge in [-0.05, 0) is 38.7 Å². The second-order valence-electron chi connectivity index (χ2n) is 4.12. The molecular weight excluding hydrogens is 166 g/mol. The van der Waals surface area contributed by atoms with Crippen LogP contribution >= 0.6 is 0 Å². The molecule has 1 aliphatic heterocycles. The first-order chi connectivity index (χ1) is 5.99. The molecule has 1 rings (SSSR count). The molecule has 1 aliphatic rings. The summed E-state index contributed by atoms with van der Waals surface area (Å²) in [6.07, 6.45) is 5.28. The predicted octanol–water partition coefficient (Wildman–Crippen LogP) is 1.23. The maximum Gasteiger partial charge on any atom is 0.241 e. The van der Waals surface area contributed by atoms with E-state index in [-0.39, 0.29) is 11.5 Å². The minimum absolute atomic E-state index is 0.0646. The van der Waals surface area contributed by atoms with Crippen LogP contribution in [-0.4, -0.2) is 18.1 Å². The van der Waals surface area contributed by atoms with Crippen LogP contribution in [0.1, 0.15) is 26.7 Å². The highest BCUT2D eigenvalue weighted by atomic mass is 16.5. The van der Waals surface area contributed by atoms with E-state index in [1.165, 1.54) is 6.08 Å². The Bertz CT molecular complexity index is 221. The van der Waals surface area contributed by atoms with Gasteiger partial charge in [-0.2, -0.15) is 0 Å². The Morgan fingerprint density at radius 1 is 1.62 bits per heavy atom. The maximum absolute atomic E-state index is 10.5. The molecule has 0 aromatic carbocycles. The molecule has 1 fully saturated rings. The topological polar surface area (TPSA) is 52.3 Å². The van der Waals surface area contributed by atoms with Gasteiger partial charge in [0.1, 0.15) is 0 Å². The molecular formula is C10H17NO2. The van der Waals surface area contributed by atoms with Crippen LogP contribution in [-0.2, 0) is 9.53 Å². The van der Waals surface area contributed by atoms with Gasteiger partial charge >= 0.3 is 0 Å². The third-order valence-corrected chi connectivity index (χ3v) is 2.27. The van der Waals surface area contributed by atoms with E-state index in [1.54, 1.807) is 0 Å². The zero-order valence-corrected chi connectivity index (χ0v) is 8.25. The highest BCUT2D eigenvalue weighted by Crippen LogP contribution is 2.29. The maximum atomic E-state index is 10.5. The number of primary amides is 1. The Hall–Kier alpha value is -0.830. The largest absolute Gasteiger partial charge is 0.376 e. The number of nitrogens with two attached hydrogens (primary N) is 1. The van der Waals surface area contributed by atoms with Crippen molar-refractivity contribution in [3.63, 3.8) is 0 Å². The number of hydrogen-bond donors (Lipinski definition) is 1. The summed E-state index contributed by atoms with van der Waals surface area (Å²) in [7, 11) is 0. The van der Waals surface area contributed by atoms with Crippen molar-refractivity contribution in [1.82, 2.24) is 0 Å². The van der Waals surface area contributed by atoms with E-state index in [2.05, 4.69) is 13.8 Å². The van der Waals surface area contributed by atoms with Crippen molar-refractivity contribution in [2.24, 2.45) is 11.7 Å². The smallest absolute Gasteiger partial charge is 0.241 e. The van der Waals surface area contributed by atoms with Crippen LogP contribution in [0.4, 0.5) is 0 Å². The summed E-state index contributed by atoms with van der Waals surface area (Å²) in [6.45, 7) is 4.90. The van der Waals surface area contributed by atoms with Crippen LogP contribution in [0, 0.1) is 5.92 Å². The molecule has 0 radical (unpaired) electrons. The molecule has 13 heavy (non-hydrogen) atoms. The van der Waals surface area contributed by atoms with E-state index in [1.807, 2.05) is 6.08 Å². The summed E-state index contributed by atoms with van der Waals surface area (Å²) in [5.41, 5.74) is 4.96. The van der Waals surface area contributed by atoms with Gasteiger partial charge in [0, 0.05) is 6.61 Å². The fraction of sp³-hybridized carbons (Fsp3) is 0.700. The second-order valence-corrected chi connectivity index (χ2v) is 4.12. The molecule has 1 atom stereocenters. The third kappa shape index (κ3) is 3.59. The Morgan fingerprint density at radius 3 is 2.85 bits per heavy atom. The van der Waals surface area contributed by atoms with Gasteiger partial charge in [0.15, 0.2) is 0 Å². The average molecular weight is 183 g/mol. The lowest BCUT2D eigenvalue weighted by Crippen LogP contribution is -2.33. The average Bonchev–Trinajstić information content (AvgIpc) is 1.99. The molecule has 3 nitrogen and oxygen atoms in total. The lowest BCUT2D eigenvalue weighted by molar-refractivity contribution is -0.113. The molecule has 1 amide bonds. The van der Waals surface area contributed by atoms with Gasteiger partial charge in [-0.1, -0.05) is 6.08 Å². The Balaban J connectivity index is 2.48. The summed E-state index contributed by atoms with van der Waals surface area (Å²) in [4.78, 5) is 10.5. The number of rotatable bonds is 2. The number of amides is 1. The highest BCUT2D eigenvalue weighted by molar-refractivity contribution is 5.85. The number of hydrogen-bond acceptors (Lipinski definition) is 2. The van der Waals surface area contributed by atoms with Gasteiger partial charge < -0.3 is 10.5 Å². The van der Waals surface area contributed by atoms with Gasteiger partial charge in [-0.25, -0.2) is 0 Å². The molecule has 1 heterocycles. The third-order valence-electron chi connectivity index (χ3n) is 2.27. The first kappa shape index (κ1) is 10.3. The van der Waals surface area contributed by atoms with Gasteiger partial charge in [0.05, 0.1) is 5.60 Å². The van der Waals surface area contributed by atoms with Crippen LogP contribution in [0.3, 0.4) is 0 Å². The van der Waals surface area contributed by atoms with Crippen LogP contribution in [0.15, 0.2) is 12.2 Å². The molecule has 0 bridgehead atoms. The summed E-state index contributed by atoms with van der Waals surface area (Å²) in [5.74, 6) is 0.0561. The first-order valence-electron chi connectivity index (χ1n) is 4.61. The minimum Gasteiger partial charge on any atom is -0.376 e. The summed E-state index contributed by atoms with van der Waals surface area (Å²) >= 11 is 0. The Labute approximate surface area is 78.9 Å². The number of allylic oxidation sites excluding steroid dienone is 1. The van der Waals surface area contributed by atoms with E-state index in [0.29, 0.717) is 5.92 Å². The van der Waals surface area contributed by atoms with Gasteiger partial charge in [0.2, 0.25) is 5.91 Å². The molecule has 74 valence electrons. The lowest BCUT2D eigenvalue weighted by Gasteiger charge is -2.34. The molecule has 0 aliphatic carbocycles. The molecule has 0 aromatic heterocycles. The van der Waals surface area contributed by atoms with Gasteiger partial charge in [-0.15, -0.1) is 0 Å². The summed E-state index contributed by atoms with van der Waals surface area (Å²) in [6, 6.07) is 0. The fourth-order valence-corrected chi connectivity index (χ4v) is 1.67. The molecule has 1 saturated heterocycles. The van der Waals surface area contributed by atoms with Crippen molar-refractivity contribution in [3.8, 4) is 0 Å². The van der Waals surface area contributed by atoms with Gasteiger partial charge in [-0.3, -0.25) is 4.79 Å². The van der Waals surface area contributed by atoms with Crippen LogP contribution < -0.4 is 5.73 Å². The molecule has 0 aromatic rings. The van der Waals surface area contributed by atoms with Crippen LogP contribution in [0.25, 0.3) is 0 Å². The van der Waals surface area contributed by atoms with E-state index in [9.17, 15) is 4.79 Å². The van der Waals surface area contributed by atoms with Crippen molar-refractivity contribution in [2.45, 2.75) is 32.3 Å². The summed E-state index contributed by atoms with van der Waals surface area (Å²) < 4.78 is 5.55. The number of ether oxygens (including phenoxy) is 1. The Morgan fingerprint density at radius 2 is 2.31 bits per heavy atom. The normalized spacial score (nSPS) is 27.7. The quantitative estimate of drug-likeness (QED) is 0.655. The van der Waals surface area contributed by atoms with Gasteiger partial charge in [0.25, 0.3) is 0 Å². The zero-order chi connectivity index (χ0) is 9.90. The SMILES string of the molecule is CC1(C)C[C@@H](/C=C/C(N)=O)CCO1. The van der Waals surface area contributed by atoms with Crippen molar-refractivity contribution in [3.05, 3.63) is 12.2 Å². The predicted molar refractivity (Wildman–Crippen MR) is 51.1 cm³/mol. The summed E-state index contributed by atoms with van der Waals surface area (Å²) in [5, 5.41) is 0. The van der Waals surface area contributed by atoms with Crippen molar-refractivity contribution in [2.75, 3.05) is 6.61 Å². The number of carbonyl (C=O) groups is 1. The van der Waals surface area contributed by atoms with Crippen molar-refractivity contribution in [1.29, 1.82) is 0 Å². The zero-order valence-electron chi connectivity index (χ0n) is 8.25. The van der Waals surface area contributed by atoms with E-state index < -0.39 is 0 Å². The standard InChI is InChI=1S/C10H17NO2/c1-10(2)7-8(5-6-13-10)3-4-9(11)12/h3-4,8H,5-7H2,1-2H3,(H2,11,12)/b4-3+/t8-/m0/s1. The first-order valence-corrected chi connectivity index (χ1v) is 4.61. The van der Waals surface area contributed by atoms with Crippen molar-refractivity contribution >= 4 is 5.91 Å². The molecule has 3 heteroatoms. The van der Waals surface area contributed by atoms with Crippen LogP contribution in [0.5, 0.6) is 0 Å². The molecule has 0 spiro atoms. The van der Waals surface area contributed by atoms with Crippen LogP contribution in [0.2, 0.25) is 0 Å². The number of carbonyl (C=O) groups excluding carboxylic acids is 1. The second kappa shape index (κ2) is 3.92. The molecule has 0 saturated carbocycles.